The quantitative estimate of drug-likeness (QED) is 0.207. The highest BCUT2D eigenvalue weighted by atomic mass is 35.5. The first-order valence-electron chi connectivity index (χ1n) is 14.3. The number of unbranched alkanes of at least 4 members (excludes halogenated alkanes) is 1. The first kappa shape index (κ1) is 30.9. The summed E-state index contributed by atoms with van der Waals surface area (Å²) in [6.45, 7) is 2.57. The zero-order valence-electron chi connectivity index (χ0n) is 23.8. The Morgan fingerprint density at radius 2 is 1.67 bits per heavy atom. The van der Waals surface area contributed by atoms with Gasteiger partial charge in [0, 0.05) is 42.1 Å². The normalized spacial score (nSPS) is 14.9. The van der Waals surface area contributed by atoms with Gasteiger partial charge in [0.1, 0.15) is 12.1 Å². The van der Waals surface area contributed by atoms with Gasteiger partial charge in [-0.1, -0.05) is 66.2 Å². The third-order valence-electron chi connectivity index (χ3n) is 7.54. The summed E-state index contributed by atoms with van der Waals surface area (Å²) in [5.41, 5.74) is 9.55. The minimum absolute atomic E-state index is 0.0179. The molecule has 4 rings (SSSR count). The number of hydrogen-bond donors (Lipinski definition) is 3. The van der Waals surface area contributed by atoms with Gasteiger partial charge in [-0.15, -0.1) is 0 Å². The Labute approximate surface area is 251 Å². The summed E-state index contributed by atoms with van der Waals surface area (Å²) < 4.78 is 0. The van der Waals surface area contributed by atoms with E-state index >= 15 is 0 Å². The predicted octanol–water partition coefficient (Wildman–Crippen LogP) is 4.82. The molecule has 0 fully saturated rings. The van der Waals surface area contributed by atoms with Gasteiger partial charge in [0.2, 0.25) is 17.7 Å². The van der Waals surface area contributed by atoms with Gasteiger partial charge in [0.05, 0.1) is 0 Å². The molecule has 1 aliphatic heterocycles. The van der Waals surface area contributed by atoms with Crippen molar-refractivity contribution in [3.05, 3.63) is 100 Å². The lowest BCUT2D eigenvalue weighted by molar-refractivity contribution is -0.142. The monoisotopic (exact) mass is 588 g/mol. The summed E-state index contributed by atoms with van der Waals surface area (Å²) in [4.78, 5) is 54.8. The van der Waals surface area contributed by atoms with Crippen LogP contribution in [0.1, 0.15) is 59.2 Å². The second-order valence-corrected chi connectivity index (χ2v) is 11.0. The number of carbonyl (C=O) groups is 4. The lowest BCUT2D eigenvalue weighted by atomic mass is 9.92. The summed E-state index contributed by atoms with van der Waals surface area (Å²) in [6, 6.07) is 20.1. The van der Waals surface area contributed by atoms with Crippen LogP contribution < -0.4 is 16.4 Å². The molecule has 1 aliphatic rings. The summed E-state index contributed by atoms with van der Waals surface area (Å²) in [7, 11) is 0. The van der Waals surface area contributed by atoms with Crippen LogP contribution in [0, 0.1) is 6.92 Å². The molecule has 0 aliphatic carbocycles. The van der Waals surface area contributed by atoms with E-state index in [1.807, 2.05) is 37.3 Å². The Kier molecular flexibility index (Phi) is 10.9. The van der Waals surface area contributed by atoms with Crippen molar-refractivity contribution in [2.45, 2.75) is 64.1 Å². The number of nitrogens with zero attached hydrogens (tertiary/aromatic N) is 1. The zero-order valence-corrected chi connectivity index (χ0v) is 24.5. The number of nitrogens with two attached hydrogens (primary N) is 1. The highest BCUT2D eigenvalue weighted by Crippen LogP contribution is 2.25. The van der Waals surface area contributed by atoms with Crippen LogP contribution in [-0.4, -0.2) is 47.0 Å². The van der Waals surface area contributed by atoms with Gasteiger partial charge in [-0.3, -0.25) is 19.2 Å². The number of aryl methyl sites for hydroxylation is 1. The number of benzene rings is 3. The van der Waals surface area contributed by atoms with Gasteiger partial charge < -0.3 is 21.3 Å². The van der Waals surface area contributed by atoms with Crippen LogP contribution in [0.5, 0.6) is 0 Å². The van der Waals surface area contributed by atoms with E-state index in [4.69, 9.17) is 17.3 Å². The maximum absolute atomic E-state index is 13.8. The third-order valence-corrected chi connectivity index (χ3v) is 7.96. The Morgan fingerprint density at radius 1 is 0.952 bits per heavy atom. The van der Waals surface area contributed by atoms with Crippen molar-refractivity contribution in [2.24, 2.45) is 5.73 Å². The molecule has 3 amide bonds. The minimum atomic E-state index is -0.825. The third kappa shape index (κ3) is 8.05. The Morgan fingerprint density at radius 3 is 2.38 bits per heavy atom. The van der Waals surface area contributed by atoms with Crippen LogP contribution in [0.3, 0.4) is 0 Å². The smallest absolute Gasteiger partial charge is 0.246 e. The van der Waals surface area contributed by atoms with Crippen molar-refractivity contribution in [1.29, 1.82) is 0 Å². The lowest BCUT2D eigenvalue weighted by Crippen LogP contribution is -2.56. The van der Waals surface area contributed by atoms with Gasteiger partial charge in [-0.05, 0) is 67.6 Å². The van der Waals surface area contributed by atoms with Gasteiger partial charge in [0.15, 0.2) is 5.78 Å². The van der Waals surface area contributed by atoms with Crippen LogP contribution in [0.2, 0.25) is 5.02 Å². The van der Waals surface area contributed by atoms with Crippen molar-refractivity contribution in [1.82, 2.24) is 10.2 Å². The number of carbonyl (C=O) groups excluding carboxylic acids is 4. The molecule has 2 unspecified atom stereocenters. The largest absolute Gasteiger partial charge is 0.342 e. The molecule has 8 nitrogen and oxygen atoms in total. The fourth-order valence-corrected chi connectivity index (χ4v) is 5.25. The van der Waals surface area contributed by atoms with Crippen molar-refractivity contribution in [3.8, 4) is 0 Å². The van der Waals surface area contributed by atoms with Crippen LogP contribution in [0.25, 0.3) is 0 Å². The summed E-state index contributed by atoms with van der Waals surface area (Å²) in [5.74, 6) is -1.18. The van der Waals surface area contributed by atoms with Crippen molar-refractivity contribution >= 4 is 40.8 Å². The summed E-state index contributed by atoms with van der Waals surface area (Å²) >= 11 is 6.13. The Balaban J connectivity index is 1.50. The van der Waals surface area contributed by atoms with Crippen LogP contribution in [-0.2, 0) is 27.3 Å². The lowest BCUT2D eigenvalue weighted by Gasteiger charge is -2.37. The molecule has 1 heterocycles. The Bertz CT molecular complexity index is 1430. The molecule has 220 valence electrons. The molecular weight excluding hydrogens is 552 g/mol. The predicted molar refractivity (Wildman–Crippen MR) is 164 cm³/mol. The first-order chi connectivity index (χ1) is 20.3. The van der Waals surface area contributed by atoms with E-state index in [9.17, 15) is 19.2 Å². The van der Waals surface area contributed by atoms with Crippen LogP contribution in [0.15, 0.2) is 72.8 Å². The number of hydrogen-bond acceptors (Lipinski definition) is 5. The number of amides is 3. The van der Waals surface area contributed by atoms with E-state index in [2.05, 4.69) is 10.6 Å². The second-order valence-electron chi connectivity index (χ2n) is 10.6. The summed E-state index contributed by atoms with van der Waals surface area (Å²) in [6.07, 6.45) is 2.08. The number of rotatable bonds is 12. The van der Waals surface area contributed by atoms with E-state index in [1.54, 1.807) is 42.5 Å². The number of halogens is 1. The molecule has 0 aromatic heterocycles. The molecule has 0 radical (unpaired) electrons. The standard InChI is InChI=1S/C33H37ClN4O4/c1-22-19-26(14-15-27(22)34)36-32(41)28(13-7-8-18-35)37-33(42)29-20-24-11-5-6-12-25(24)21-38(29)31(40)17-16-30(39)23-9-3-2-4-10-23/h2-6,9-12,14-15,19,28-29H,7-8,13,16-18,20-21,35H2,1H3,(H,36,41)(H,37,42). The van der Waals surface area contributed by atoms with Crippen molar-refractivity contribution in [3.63, 3.8) is 0 Å². The van der Waals surface area contributed by atoms with Crippen LogP contribution >= 0.6 is 11.6 Å². The molecule has 3 aromatic carbocycles. The molecule has 0 saturated carbocycles. The van der Waals surface area contributed by atoms with Gasteiger partial charge >= 0.3 is 0 Å². The topological polar surface area (TPSA) is 122 Å². The molecule has 3 aromatic rings. The van der Waals surface area contributed by atoms with Gasteiger partial charge in [-0.2, -0.15) is 0 Å². The number of fused-ring (bicyclic) bond motifs is 1. The van der Waals surface area contributed by atoms with Crippen molar-refractivity contribution < 1.29 is 19.2 Å². The molecule has 42 heavy (non-hydrogen) atoms. The molecule has 4 N–H and O–H groups in total. The van der Waals surface area contributed by atoms with E-state index in [0.29, 0.717) is 48.5 Å². The van der Waals surface area contributed by atoms with Gasteiger partial charge in [-0.25, -0.2) is 0 Å². The summed E-state index contributed by atoms with van der Waals surface area (Å²) in [5, 5.41) is 6.39. The fourth-order valence-electron chi connectivity index (χ4n) is 5.13. The van der Waals surface area contributed by atoms with Crippen LogP contribution in [0.4, 0.5) is 5.69 Å². The van der Waals surface area contributed by atoms with E-state index in [0.717, 1.165) is 16.7 Å². The SMILES string of the molecule is Cc1cc(NC(=O)C(CCCCN)NC(=O)C2Cc3ccccc3CN2C(=O)CCC(=O)c2ccccc2)ccc1Cl. The maximum Gasteiger partial charge on any atom is 0.246 e. The average Bonchev–Trinajstić information content (AvgIpc) is 3.00. The first-order valence-corrected chi connectivity index (χ1v) is 14.7. The molecule has 0 bridgehead atoms. The molecule has 9 heteroatoms. The number of Topliss-reactive ketones (excluding diaryl/α,β-unsaturated/α-hetero) is 1. The highest BCUT2D eigenvalue weighted by molar-refractivity contribution is 6.31. The highest BCUT2D eigenvalue weighted by Gasteiger charge is 2.36. The number of anilines is 1. The maximum atomic E-state index is 13.8. The zero-order chi connectivity index (χ0) is 30.1. The Hall–Kier alpha value is -4.01. The second kappa shape index (κ2) is 14.8. The average molecular weight is 589 g/mol. The molecular formula is C33H37ClN4O4. The molecule has 0 spiro atoms. The number of ketones is 1. The number of nitrogens with one attached hydrogen (secondary N) is 2. The molecule has 0 saturated heterocycles. The van der Waals surface area contributed by atoms with Crippen molar-refractivity contribution in [2.75, 3.05) is 11.9 Å². The fraction of sp³-hybridized carbons (Fsp3) is 0.333. The van der Waals surface area contributed by atoms with E-state index in [1.165, 1.54) is 4.90 Å². The molecule has 2 atom stereocenters. The van der Waals surface area contributed by atoms with E-state index < -0.39 is 18.0 Å². The minimum Gasteiger partial charge on any atom is -0.342 e. The van der Waals surface area contributed by atoms with E-state index in [-0.39, 0.29) is 37.0 Å². The van der Waals surface area contributed by atoms with Gasteiger partial charge in [0.25, 0.3) is 0 Å².